The molecule has 2 rings (SSSR count). The number of carbonyl (C=O) groups is 2. The molecule has 0 aromatic heterocycles. The van der Waals surface area contributed by atoms with Crippen LogP contribution in [0.5, 0.6) is 5.75 Å². The number of carboxylic acid groups (broad SMARTS) is 1. The van der Waals surface area contributed by atoms with Crippen molar-refractivity contribution >= 4 is 23.5 Å². The molecule has 0 bridgehead atoms. The van der Waals surface area contributed by atoms with Gasteiger partial charge in [-0.05, 0) is 43.5 Å². The molecular formula is C15H18ClNO4. The van der Waals surface area contributed by atoms with Gasteiger partial charge in [0.15, 0.2) is 0 Å². The van der Waals surface area contributed by atoms with Gasteiger partial charge in [-0.3, -0.25) is 4.79 Å². The number of nitrogens with zero attached hydrogens (tertiary/aromatic N) is 1. The first kappa shape index (κ1) is 15.6. The van der Waals surface area contributed by atoms with Crippen LogP contribution in [0.2, 0.25) is 5.02 Å². The summed E-state index contributed by atoms with van der Waals surface area (Å²) in [5.74, 6) is -0.460. The molecule has 1 fully saturated rings. The quantitative estimate of drug-likeness (QED) is 0.907. The summed E-state index contributed by atoms with van der Waals surface area (Å²) in [5.41, 5.74) is 0. The van der Waals surface area contributed by atoms with Crippen molar-refractivity contribution in [1.82, 2.24) is 4.90 Å². The molecule has 1 aromatic carbocycles. The fourth-order valence-electron chi connectivity index (χ4n) is 2.42. The molecule has 1 amide bonds. The molecule has 1 aliphatic heterocycles. The Kier molecular flexibility index (Phi) is 5.44. The highest BCUT2D eigenvalue weighted by atomic mass is 35.5. The second-order valence-electron chi connectivity index (χ2n) is 4.99. The normalized spacial score (nSPS) is 18.3. The lowest BCUT2D eigenvalue weighted by Crippen LogP contribution is -2.48. The summed E-state index contributed by atoms with van der Waals surface area (Å²) in [7, 11) is 0. The van der Waals surface area contributed by atoms with E-state index >= 15 is 0 Å². The predicted molar refractivity (Wildman–Crippen MR) is 78.6 cm³/mol. The van der Waals surface area contributed by atoms with Crippen LogP contribution >= 0.6 is 11.6 Å². The number of hydrogen-bond donors (Lipinski definition) is 1. The highest BCUT2D eigenvalue weighted by Gasteiger charge is 2.31. The number of hydrogen-bond acceptors (Lipinski definition) is 3. The van der Waals surface area contributed by atoms with Gasteiger partial charge in [-0.25, -0.2) is 4.79 Å². The zero-order chi connectivity index (χ0) is 15.2. The van der Waals surface area contributed by atoms with Crippen LogP contribution < -0.4 is 4.74 Å². The van der Waals surface area contributed by atoms with Gasteiger partial charge in [-0.1, -0.05) is 11.6 Å². The number of aliphatic carboxylic acids is 1. The fraction of sp³-hybridized carbons (Fsp3) is 0.467. The van der Waals surface area contributed by atoms with Crippen LogP contribution in [0.25, 0.3) is 0 Å². The van der Waals surface area contributed by atoms with E-state index in [1.807, 2.05) is 0 Å². The van der Waals surface area contributed by atoms with Gasteiger partial charge in [0.05, 0.1) is 13.0 Å². The molecule has 1 atom stereocenters. The van der Waals surface area contributed by atoms with Crippen LogP contribution in [-0.2, 0) is 9.59 Å². The van der Waals surface area contributed by atoms with Gasteiger partial charge in [-0.2, -0.15) is 0 Å². The third-order valence-corrected chi connectivity index (χ3v) is 3.76. The number of likely N-dealkylation sites (tertiary alicyclic amines) is 1. The number of ether oxygens (including phenoxy) is 1. The van der Waals surface area contributed by atoms with Gasteiger partial charge >= 0.3 is 5.97 Å². The van der Waals surface area contributed by atoms with Gasteiger partial charge in [0.25, 0.3) is 0 Å². The van der Waals surface area contributed by atoms with Gasteiger partial charge in [0.1, 0.15) is 11.8 Å². The molecule has 1 saturated heterocycles. The molecule has 21 heavy (non-hydrogen) atoms. The monoisotopic (exact) mass is 311 g/mol. The average molecular weight is 312 g/mol. The average Bonchev–Trinajstić information content (AvgIpc) is 2.49. The molecule has 1 unspecified atom stereocenters. The zero-order valence-electron chi connectivity index (χ0n) is 11.6. The number of piperidine rings is 1. The highest BCUT2D eigenvalue weighted by Crippen LogP contribution is 2.19. The summed E-state index contributed by atoms with van der Waals surface area (Å²) >= 11 is 5.77. The summed E-state index contributed by atoms with van der Waals surface area (Å²) in [6.45, 7) is 0.736. The number of carbonyl (C=O) groups excluding carboxylic acids is 1. The Morgan fingerprint density at radius 2 is 2.00 bits per heavy atom. The molecule has 1 heterocycles. The van der Waals surface area contributed by atoms with Crippen LogP contribution in [-0.4, -0.2) is 41.1 Å². The summed E-state index contributed by atoms with van der Waals surface area (Å²) in [6, 6.07) is 6.19. The standard InChI is InChI=1S/C15H18ClNO4/c16-11-4-6-12(7-5-11)21-10-8-14(18)17-9-2-1-3-13(17)15(19)20/h4-7,13H,1-3,8-10H2,(H,19,20). The van der Waals surface area contributed by atoms with E-state index in [2.05, 4.69) is 0 Å². The Morgan fingerprint density at radius 3 is 2.67 bits per heavy atom. The van der Waals surface area contributed by atoms with Crippen molar-refractivity contribution in [1.29, 1.82) is 0 Å². The lowest BCUT2D eigenvalue weighted by atomic mass is 10.0. The van der Waals surface area contributed by atoms with Crippen molar-refractivity contribution in [3.8, 4) is 5.75 Å². The van der Waals surface area contributed by atoms with E-state index in [1.165, 1.54) is 4.90 Å². The summed E-state index contributed by atoms with van der Waals surface area (Å²) in [5, 5.41) is 9.77. The van der Waals surface area contributed by atoms with Crippen LogP contribution in [0.3, 0.4) is 0 Å². The molecule has 1 aliphatic rings. The van der Waals surface area contributed by atoms with E-state index in [0.717, 1.165) is 12.8 Å². The van der Waals surface area contributed by atoms with Crippen molar-refractivity contribution < 1.29 is 19.4 Å². The van der Waals surface area contributed by atoms with E-state index in [1.54, 1.807) is 24.3 Å². The van der Waals surface area contributed by atoms with Gasteiger partial charge in [0, 0.05) is 11.6 Å². The van der Waals surface area contributed by atoms with Crippen LogP contribution in [0.1, 0.15) is 25.7 Å². The number of carboxylic acids is 1. The van der Waals surface area contributed by atoms with E-state index < -0.39 is 12.0 Å². The first-order valence-electron chi connectivity index (χ1n) is 6.98. The highest BCUT2D eigenvalue weighted by molar-refractivity contribution is 6.30. The number of amides is 1. The molecule has 0 saturated carbocycles. The van der Waals surface area contributed by atoms with Gasteiger partial charge < -0.3 is 14.7 Å². The van der Waals surface area contributed by atoms with Crippen molar-refractivity contribution in [3.63, 3.8) is 0 Å². The minimum Gasteiger partial charge on any atom is -0.493 e. The number of rotatable bonds is 5. The zero-order valence-corrected chi connectivity index (χ0v) is 12.4. The summed E-state index contributed by atoms with van der Waals surface area (Å²) in [4.78, 5) is 24.7. The molecule has 0 spiro atoms. The fourth-order valence-corrected chi connectivity index (χ4v) is 2.54. The molecule has 1 N–H and O–H groups in total. The lowest BCUT2D eigenvalue weighted by molar-refractivity contribution is -0.152. The molecule has 6 heteroatoms. The van der Waals surface area contributed by atoms with Crippen molar-refractivity contribution in [2.24, 2.45) is 0 Å². The van der Waals surface area contributed by atoms with Crippen LogP contribution in [0, 0.1) is 0 Å². The third-order valence-electron chi connectivity index (χ3n) is 3.51. The maximum absolute atomic E-state index is 12.1. The Hall–Kier alpha value is -1.75. The molecule has 1 aromatic rings. The molecule has 114 valence electrons. The Morgan fingerprint density at radius 1 is 1.29 bits per heavy atom. The Labute approximate surface area is 128 Å². The maximum atomic E-state index is 12.1. The Bertz CT molecular complexity index is 503. The van der Waals surface area contributed by atoms with Gasteiger partial charge in [-0.15, -0.1) is 0 Å². The van der Waals surface area contributed by atoms with Crippen LogP contribution in [0.4, 0.5) is 0 Å². The lowest BCUT2D eigenvalue weighted by Gasteiger charge is -2.33. The SMILES string of the molecule is O=C(O)C1CCCCN1C(=O)CCOc1ccc(Cl)cc1. The summed E-state index contributed by atoms with van der Waals surface area (Å²) < 4.78 is 5.46. The molecule has 0 aliphatic carbocycles. The topological polar surface area (TPSA) is 66.8 Å². The van der Waals surface area contributed by atoms with Gasteiger partial charge in [0.2, 0.25) is 5.91 Å². The first-order valence-corrected chi connectivity index (χ1v) is 7.36. The van der Waals surface area contributed by atoms with Crippen molar-refractivity contribution in [2.75, 3.05) is 13.2 Å². The minimum atomic E-state index is -0.929. The Balaban J connectivity index is 1.83. The van der Waals surface area contributed by atoms with E-state index in [0.29, 0.717) is 23.7 Å². The largest absolute Gasteiger partial charge is 0.493 e. The van der Waals surface area contributed by atoms with Crippen LogP contribution in [0.15, 0.2) is 24.3 Å². The predicted octanol–water partition coefficient (Wildman–Crippen LogP) is 2.57. The van der Waals surface area contributed by atoms with E-state index in [9.17, 15) is 9.59 Å². The smallest absolute Gasteiger partial charge is 0.326 e. The molecule has 5 nitrogen and oxygen atoms in total. The third kappa shape index (κ3) is 4.36. The number of benzene rings is 1. The van der Waals surface area contributed by atoms with Crippen molar-refractivity contribution in [3.05, 3.63) is 29.3 Å². The minimum absolute atomic E-state index is 0.170. The second kappa shape index (κ2) is 7.31. The molecular weight excluding hydrogens is 294 g/mol. The summed E-state index contributed by atoms with van der Waals surface area (Å²) in [6.07, 6.45) is 2.40. The first-order chi connectivity index (χ1) is 10.1. The molecule has 0 radical (unpaired) electrons. The van der Waals surface area contributed by atoms with Crippen molar-refractivity contribution in [2.45, 2.75) is 31.7 Å². The maximum Gasteiger partial charge on any atom is 0.326 e. The number of halogens is 1. The van der Waals surface area contributed by atoms with E-state index in [-0.39, 0.29) is 18.9 Å². The van der Waals surface area contributed by atoms with E-state index in [4.69, 9.17) is 21.4 Å². The second-order valence-corrected chi connectivity index (χ2v) is 5.43.